The highest BCUT2D eigenvalue weighted by molar-refractivity contribution is 9.10. The molecule has 0 heterocycles. The molecule has 0 spiro atoms. The molecule has 0 saturated heterocycles. The van der Waals surface area contributed by atoms with Gasteiger partial charge in [-0.05, 0) is 125 Å². The normalized spacial score (nSPS) is 11.2. The summed E-state index contributed by atoms with van der Waals surface area (Å²) in [6.45, 7) is 5.75. The van der Waals surface area contributed by atoms with E-state index in [1.165, 1.54) is 6.07 Å². The molecule has 53 heavy (non-hydrogen) atoms. The van der Waals surface area contributed by atoms with E-state index >= 15 is 0 Å². The number of esters is 2. The number of hydrogen-bond acceptors (Lipinski definition) is 8. The van der Waals surface area contributed by atoms with Crippen molar-refractivity contribution in [3.05, 3.63) is 142 Å². The van der Waals surface area contributed by atoms with E-state index in [-0.39, 0.29) is 11.5 Å². The summed E-state index contributed by atoms with van der Waals surface area (Å²) in [5, 5.41) is 0. The molecule has 272 valence electrons. The minimum atomic E-state index is -0.559. The van der Waals surface area contributed by atoms with Crippen molar-refractivity contribution in [3.63, 3.8) is 0 Å². The number of halogens is 1. The zero-order chi connectivity index (χ0) is 37.3. The van der Waals surface area contributed by atoms with Gasteiger partial charge >= 0.3 is 11.9 Å². The van der Waals surface area contributed by atoms with Crippen molar-refractivity contribution < 1.29 is 28.5 Å². The van der Waals surface area contributed by atoms with Gasteiger partial charge < -0.3 is 18.9 Å². The van der Waals surface area contributed by atoms with Crippen LogP contribution < -0.4 is 18.9 Å². The molecule has 0 aromatic heterocycles. The number of ether oxygens (including phenoxy) is 4. The van der Waals surface area contributed by atoms with Gasteiger partial charge in [-0.15, -0.1) is 0 Å². The van der Waals surface area contributed by atoms with Gasteiger partial charge in [0.15, 0.2) is 0 Å². The van der Waals surface area contributed by atoms with Crippen molar-refractivity contribution in [2.45, 2.75) is 52.4 Å². The van der Waals surface area contributed by atoms with Crippen LogP contribution in [0.1, 0.15) is 84.2 Å². The second-order valence-electron chi connectivity index (χ2n) is 12.2. The Morgan fingerprint density at radius 3 is 1.43 bits per heavy atom. The number of rotatable bonds is 18. The predicted octanol–water partition coefficient (Wildman–Crippen LogP) is 11.5. The molecule has 0 amide bonds. The summed E-state index contributed by atoms with van der Waals surface area (Å²) in [6, 6.07) is 33.9. The number of benzene rings is 5. The Morgan fingerprint density at radius 1 is 0.547 bits per heavy atom. The molecule has 5 aromatic rings. The van der Waals surface area contributed by atoms with Gasteiger partial charge in [0.1, 0.15) is 23.0 Å². The molecule has 0 fully saturated rings. The Hall–Kier alpha value is -5.54. The topological polar surface area (TPSA) is 95.8 Å². The Bertz CT molecular complexity index is 1970. The van der Waals surface area contributed by atoms with Gasteiger partial charge in [-0.3, -0.25) is 9.98 Å². The first-order valence-corrected chi connectivity index (χ1v) is 18.7. The lowest BCUT2D eigenvalue weighted by Gasteiger charge is -2.10. The van der Waals surface area contributed by atoms with Crippen LogP contribution in [0, 0.1) is 0 Å². The van der Waals surface area contributed by atoms with E-state index in [0.717, 1.165) is 72.5 Å². The Balaban J connectivity index is 1.11. The van der Waals surface area contributed by atoms with Crippen LogP contribution in [0.3, 0.4) is 0 Å². The molecule has 8 nitrogen and oxygen atoms in total. The average Bonchev–Trinajstić information content (AvgIpc) is 3.19. The first-order valence-electron chi connectivity index (χ1n) is 17.9. The van der Waals surface area contributed by atoms with Gasteiger partial charge in [0.05, 0.1) is 40.2 Å². The molecular weight excluding hydrogens is 732 g/mol. The highest BCUT2D eigenvalue weighted by Gasteiger charge is 2.15. The van der Waals surface area contributed by atoms with Crippen LogP contribution in [0.25, 0.3) is 0 Å². The number of nitrogens with zero attached hydrogens (tertiary/aromatic N) is 2. The molecular formula is C44H43BrN2O6. The minimum Gasteiger partial charge on any atom is -0.494 e. The monoisotopic (exact) mass is 774 g/mol. The second-order valence-corrected chi connectivity index (χ2v) is 13.1. The SMILES string of the molecule is CCCCCOc1ccc(N=Cc2ccc(C(=O)Oc3ccc(Br)c(OC(=O)c4ccc(C=Nc5ccc(OCCCCC)cc5)cc4)c3)cc2)cc1. The molecule has 0 radical (unpaired) electrons. The maximum Gasteiger partial charge on any atom is 0.343 e. The van der Waals surface area contributed by atoms with E-state index in [9.17, 15) is 9.59 Å². The molecule has 5 rings (SSSR count). The van der Waals surface area contributed by atoms with Crippen molar-refractivity contribution in [2.24, 2.45) is 9.98 Å². The maximum absolute atomic E-state index is 13.0. The van der Waals surface area contributed by atoms with Crippen LogP contribution >= 0.6 is 15.9 Å². The predicted molar refractivity (Wildman–Crippen MR) is 214 cm³/mol. The molecule has 0 unspecified atom stereocenters. The maximum atomic E-state index is 13.0. The van der Waals surface area contributed by atoms with Crippen molar-refractivity contribution in [2.75, 3.05) is 13.2 Å². The molecule has 0 aliphatic heterocycles. The average molecular weight is 776 g/mol. The van der Waals surface area contributed by atoms with E-state index in [2.05, 4.69) is 39.8 Å². The molecule has 9 heteroatoms. The standard InChI is InChI=1S/C44H43BrN2O6/c1-3-5-7-27-50-38-21-17-36(18-22-38)46-30-32-9-13-34(14-10-32)43(48)52-40-25-26-41(45)42(29-40)53-44(49)35-15-11-33(12-16-35)31-47-37-19-23-39(24-20-37)51-28-8-6-4-2/h9-26,29-31H,3-8,27-28H2,1-2H3. The van der Waals surface area contributed by atoms with Gasteiger partial charge in [0.25, 0.3) is 0 Å². The summed E-state index contributed by atoms with van der Waals surface area (Å²) >= 11 is 3.42. The molecule has 0 aliphatic carbocycles. The summed E-state index contributed by atoms with van der Waals surface area (Å²) in [6.07, 6.45) is 10.2. The summed E-state index contributed by atoms with van der Waals surface area (Å²) in [5.41, 5.74) is 3.96. The zero-order valence-corrected chi connectivity index (χ0v) is 31.6. The van der Waals surface area contributed by atoms with Crippen LogP contribution in [0.15, 0.2) is 130 Å². The molecule has 0 N–H and O–H groups in total. The summed E-state index contributed by atoms with van der Waals surface area (Å²) in [5.74, 6) is 0.988. The van der Waals surface area contributed by atoms with Crippen LogP contribution in [-0.4, -0.2) is 37.6 Å². The second kappa shape index (κ2) is 20.5. The summed E-state index contributed by atoms with van der Waals surface area (Å²) in [4.78, 5) is 35.0. The van der Waals surface area contributed by atoms with E-state index < -0.39 is 11.9 Å². The van der Waals surface area contributed by atoms with Gasteiger partial charge in [0.2, 0.25) is 0 Å². The summed E-state index contributed by atoms with van der Waals surface area (Å²) < 4.78 is 23.3. The molecule has 0 saturated carbocycles. The van der Waals surface area contributed by atoms with E-state index in [4.69, 9.17) is 18.9 Å². The lowest BCUT2D eigenvalue weighted by Crippen LogP contribution is -2.10. The molecule has 5 aromatic carbocycles. The van der Waals surface area contributed by atoms with Crippen LogP contribution in [-0.2, 0) is 0 Å². The highest BCUT2D eigenvalue weighted by atomic mass is 79.9. The minimum absolute atomic E-state index is 0.214. The van der Waals surface area contributed by atoms with Gasteiger partial charge in [0, 0.05) is 18.5 Å². The van der Waals surface area contributed by atoms with Crippen molar-refractivity contribution in [1.82, 2.24) is 0 Å². The fraction of sp³-hybridized carbons (Fsp3) is 0.227. The van der Waals surface area contributed by atoms with Gasteiger partial charge in [-0.1, -0.05) is 63.8 Å². The Morgan fingerprint density at radius 2 is 0.981 bits per heavy atom. The van der Waals surface area contributed by atoms with Crippen LogP contribution in [0.5, 0.6) is 23.0 Å². The third kappa shape index (κ3) is 12.6. The lowest BCUT2D eigenvalue weighted by molar-refractivity contribution is 0.0732. The van der Waals surface area contributed by atoms with Gasteiger partial charge in [-0.25, -0.2) is 9.59 Å². The third-order valence-electron chi connectivity index (χ3n) is 8.04. The van der Waals surface area contributed by atoms with Crippen molar-refractivity contribution >= 4 is 51.7 Å². The lowest BCUT2D eigenvalue weighted by atomic mass is 10.1. The van der Waals surface area contributed by atoms with Crippen molar-refractivity contribution in [3.8, 4) is 23.0 Å². The Kier molecular flexibility index (Phi) is 15.0. The first-order chi connectivity index (χ1) is 25.9. The van der Waals surface area contributed by atoms with Crippen molar-refractivity contribution in [1.29, 1.82) is 0 Å². The highest BCUT2D eigenvalue weighted by Crippen LogP contribution is 2.31. The Labute approximate surface area is 319 Å². The fourth-order valence-electron chi connectivity index (χ4n) is 5.00. The summed E-state index contributed by atoms with van der Waals surface area (Å²) in [7, 11) is 0. The smallest absolute Gasteiger partial charge is 0.343 e. The third-order valence-corrected chi connectivity index (χ3v) is 8.70. The van der Waals surface area contributed by atoms with E-state index in [0.29, 0.717) is 28.8 Å². The number of carbonyl (C=O) groups is 2. The number of aliphatic imine (C=N–C) groups is 2. The largest absolute Gasteiger partial charge is 0.494 e. The first kappa shape index (κ1) is 38.7. The van der Waals surface area contributed by atoms with Gasteiger partial charge in [-0.2, -0.15) is 0 Å². The van der Waals surface area contributed by atoms with E-state index in [1.807, 2.05) is 48.5 Å². The van der Waals surface area contributed by atoms with Crippen LogP contribution in [0.2, 0.25) is 0 Å². The zero-order valence-electron chi connectivity index (χ0n) is 30.0. The van der Waals surface area contributed by atoms with Crippen LogP contribution in [0.4, 0.5) is 11.4 Å². The molecule has 0 atom stereocenters. The number of unbranched alkanes of at least 4 members (excludes halogenated alkanes) is 4. The van der Waals surface area contributed by atoms with E-state index in [1.54, 1.807) is 73.1 Å². The molecule has 0 bridgehead atoms. The number of carbonyl (C=O) groups excluding carboxylic acids is 2. The number of hydrogen-bond donors (Lipinski definition) is 0. The fourth-order valence-corrected chi connectivity index (χ4v) is 5.33. The molecule has 0 aliphatic rings. The quantitative estimate of drug-likeness (QED) is 0.0381.